The molecule has 0 aliphatic carbocycles. The average molecular weight is 394 g/mol. The van der Waals surface area contributed by atoms with E-state index in [1.54, 1.807) is 23.1 Å². The lowest BCUT2D eigenvalue weighted by molar-refractivity contribution is -0.122. The topological polar surface area (TPSA) is 49.8 Å². The SMILES string of the molecule is CCCC[C@H](CC)CN1C(=O)/C(=C/c2ccc(O)c(OCC)c2)SC1=S. The molecule has 1 amide bonds. The molecule has 1 N–H and O–H groups in total. The van der Waals surface area contributed by atoms with E-state index < -0.39 is 0 Å². The van der Waals surface area contributed by atoms with Crippen LogP contribution in [0.1, 0.15) is 52.0 Å². The quantitative estimate of drug-likeness (QED) is 0.461. The van der Waals surface area contributed by atoms with Crippen molar-refractivity contribution in [2.45, 2.75) is 46.5 Å². The minimum Gasteiger partial charge on any atom is -0.504 e. The molecule has 1 saturated heterocycles. The zero-order valence-electron chi connectivity index (χ0n) is 15.7. The number of thiocarbonyl (C=S) groups is 1. The third-order valence-electron chi connectivity index (χ3n) is 4.44. The van der Waals surface area contributed by atoms with E-state index >= 15 is 0 Å². The Hall–Kier alpha value is -1.53. The van der Waals surface area contributed by atoms with Crippen molar-refractivity contribution in [1.29, 1.82) is 0 Å². The lowest BCUT2D eigenvalue weighted by atomic mass is 9.99. The molecule has 26 heavy (non-hydrogen) atoms. The summed E-state index contributed by atoms with van der Waals surface area (Å²) in [6.07, 6.45) is 6.33. The third kappa shape index (κ3) is 5.24. The Balaban J connectivity index is 2.14. The summed E-state index contributed by atoms with van der Waals surface area (Å²) in [6.45, 7) is 7.37. The van der Waals surface area contributed by atoms with Gasteiger partial charge in [-0.1, -0.05) is 63.2 Å². The number of thioether (sulfide) groups is 1. The molecule has 1 atom stereocenters. The van der Waals surface area contributed by atoms with E-state index in [9.17, 15) is 9.90 Å². The van der Waals surface area contributed by atoms with E-state index in [4.69, 9.17) is 17.0 Å². The highest BCUT2D eigenvalue weighted by molar-refractivity contribution is 8.26. The number of aromatic hydroxyl groups is 1. The number of rotatable bonds is 9. The predicted octanol–water partition coefficient (Wildman–Crippen LogP) is 5.21. The lowest BCUT2D eigenvalue weighted by Gasteiger charge is -2.21. The Bertz CT molecular complexity index is 688. The summed E-state index contributed by atoms with van der Waals surface area (Å²) in [4.78, 5) is 15.1. The van der Waals surface area contributed by atoms with Crippen molar-refractivity contribution in [1.82, 2.24) is 4.90 Å². The van der Waals surface area contributed by atoms with Crippen molar-refractivity contribution in [2.75, 3.05) is 13.2 Å². The Morgan fingerprint density at radius 1 is 1.35 bits per heavy atom. The van der Waals surface area contributed by atoms with E-state index in [0.717, 1.165) is 24.8 Å². The van der Waals surface area contributed by atoms with Gasteiger partial charge in [0, 0.05) is 6.54 Å². The van der Waals surface area contributed by atoms with Crippen LogP contribution in [0.5, 0.6) is 11.5 Å². The molecule has 6 heteroatoms. The second-order valence-corrected chi connectivity index (χ2v) is 8.04. The van der Waals surface area contributed by atoms with Crippen LogP contribution in [0, 0.1) is 5.92 Å². The Kier molecular flexibility index (Phi) is 7.97. The third-order valence-corrected chi connectivity index (χ3v) is 5.82. The van der Waals surface area contributed by atoms with Crippen LogP contribution in [0.3, 0.4) is 0 Å². The number of benzene rings is 1. The second-order valence-electron chi connectivity index (χ2n) is 6.37. The average Bonchev–Trinajstić information content (AvgIpc) is 2.88. The number of nitrogens with zero attached hydrogens (tertiary/aromatic N) is 1. The summed E-state index contributed by atoms with van der Waals surface area (Å²) >= 11 is 6.78. The molecule has 2 rings (SSSR count). The van der Waals surface area contributed by atoms with Gasteiger partial charge in [0.1, 0.15) is 4.32 Å². The van der Waals surface area contributed by atoms with Crippen molar-refractivity contribution in [3.8, 4) is 11.5 Å². The summed E-state index contributed by atoms with van der Waals surface area (Å²) < 4.78 is 6.03. The molecule has 0 saturated carbocycles. The minimum atomic E-state index is -0.0269. The van der Waals surface area contributed by atoms with Crippen LogP contribution in [0.15, 0.2) is 23.1 Å². The van der Waals surface area contributed by atoms with Gasteiger partial charge in [0.2, 0.25) is 0 Å². The van der Waals surface area contributed by atoms with Gasteiger partial charge in [0.15, 0.2) is 11.5 Å². The molecule has 0 aromatic heterocycles. The van der Waals surface area contributed by atoms with E-state index in [1.165, 1.54) is 18.2 Å². The van der Waals surface area contributed by atoms with Gasteiger partial charge in [-0.2, -0.15) is 0 Å². The molecule has 1 aliphatic heterocycles. The second kappa shape index (κ2) is 9.97. The predicted molar refractivity (Wildman–Crippen MR) is 112 cm³/mol. The van der Waals surface area contributed by atoms with Crippen LogP contribution in [0.25, 0.3) is 6.08 Å². The summed E-state index contributed by atoms with van der Waals surface area (Å²) in [6, 6.07) is 5.08. The molecule has 142 valence electrons. The van der Waals surface area contributed by atoms with Crippen LogP contribution < -0.4 is 4.74 Å². The highest BCUT2D eigenvalue weighted by atomic mass is 32.2. The first-order valence-electron chi connectivity index (χ1n) is 9.21. The normalized spacial score (nSPS) is 17.2. The van der Waals surface area contributed by atoms with Crippen LogP contribution >= 0.6 is 24.0 Å². The van der Waals surface area contributed by atoms with Gasteiger partial charge in [0.05, 0.1) is 11.5 Å². The first-order valence-corrected chi connectivity index (χ1v) is 10.4. The number of phenolic OH excluding ortho intramolecular Hbond substituents is 1. The van der Waals surface area contributed by atoms with Gasteiger partial charge in [-0.3, -0.25) is 9.69 Å². The van der Waals surface area contributed by atoms with Crippen molar-refractivity contribution in [2.24, 2.45) is 5.92 Å². The first-order chi connectivity index (χ1) is 12.5. The van der Waals surface area contributed by atoms with Crippen LogP contribution in [0.2, 0.25) is 0 Å². The fourth-order valence-electron chi connectivity index (χ4n) is 2.88. The molecule has 0 spiro atoms. The lowest BCUT2D eigenvalue weighted by Crippen LogP contribution is -2.33. The van der Waals surface area contributed by atoms with Crippen LogP contribution in [0.4, 0.5) is 0 Å². The van der Waals surface area contributed by atoms with Gasteiger partial charge in [-0.25, -0.2) is 0 Å². The van der Waals surface area contributed by atoms with Gasteiger partial charge in [-0.15, -0.1) is 0 Å². The number of hydrogen-bond donors (Lipinski definition) is 1. The Morgan fingerprint density at radius 2 is 2.12 bits per heavy atom. The number of carbonyl (C=O) groups excluding carboxylic acids is 1. The fourth-order valence-corrected chi connectivity index (χ4v) is 4.15. The van der Waals surface area contributed by atoms with Crippen molar-refractivity contribution in [3.63, 3.8) is 0 Å². The minimum absolute atomic E-state index is 0.0269. The smallest absolute Gasteiger partial charge is 0.266 e. The monoisotopic (exact) mass is 393 g/mol. The molecule has 1 aromatic carbocycles. The number of amides is 1. The number of carbonyl (C=O) groups is 1. The zero-order chi connectivity index (χ0) is 19.1. The molecular formula is C20H27NO3S2. The van der Waals surface area contributed by atoms with Gasteiger partial charge < -0.3 is 9.84 Å². The Morgan fingerprint density at radius 3 is 2.77 bits per heavy atom. The number of ether oxygens (including phenoxy) is 1. The van der Waals surface area contributed by atoms with Crippen molar-refractivity contribution in [3.05, 3.63) is 28.7 Å². The van der Waals surface area contributed by atoms with Gasteiger partial charge in [-0.05, 0) is 43.0 Å². The number of unbranched alkanes of at least 4 members (excludes halogenated alkanes) is 1. The molecule has 0 radical (unpaired) electrons. The highest BCUT2D eigenvalue weighted by Crippen LogP contribution is 2.35. The summed E-state index contributed by atoms with van der Waals surface area (Å²) in [5, 5.41) is 9.81. The molecule has 4 nitrogen and oxygen atoms in total. The largest absolute Gasteiger partial charge is 0.504 e. The van der Waals surface area contributed by atoms with E-state index in [-0.39, 0.29) is 11.7 Å². The van der Waals surface area contributed by atoms with E-state index in [0.29, 0.717) is 34.0 Å². The molecule has 1 aliphatic rings. The molecule has 1 fully saturated rings. The maximum Gasteiger partial charge on any atom is 0.266 e. The maximum absolute atomic E-state index is 12.8. The number of hydrogen-bond acceptors (Lipinski definition) is 5. The Labute approximate surface area is 165 Å². The molecule has 1 heterocycles. The van der Waals surface area contributed by atoms with Crippen LogP contribution in [-0.2, 0) is 4.79 Å². The number of phenols is 1. The zero-order valence-corrected chi connectivity index (χ0v) is 17.3. The maximum atomic E-state index is 12.8. The van der Waals surface area contributed by atoms with Gasteiger partial charge >= 0.3 is 0 Å². The molecule has 0 unspecified atom stereocenters. The molecule has 1 aromatic rings. The van der Waals surface area contributed by atoms with Gasteiger partial charge in [0.25, 0.3) is 5.91 Å². The summed E-state index contributed by atoms with van der Waals surface area (Å²) in [7, 11) is 0. The van der Waals surface area contributed by atoms with E-state index in [1.807, 2.05) is 13.0 Å². The first kappa shape index (κ1) is 20.8. The van der Waals surface area contributed by atoms with Crippen LogP contribution in [-0.4, -0.2) is 33.4 Å². The molecular weight excluding hydrogens is 366 g/mol. The van der Waals surface area contributed by atoms with Crippen molar-refractivity contribution >= 4 is 40.3 Å². The summed E-state index contributed by atoms with van der Waals surface area (Å²) in [5.41, 5.74) is 0.810. The standard InChI is InChI=1S/C20H27NO3S2/c1-4-7-8-14(5-2)13-21-19(23)18(26-20(21)25)12-15-9-10-16(22)17(11-15)24-6-3/h9-12,14,22H,4-8,13H2,1-3H3/b18-12-/t14-/m0/s1. The highest BCUT2D eigenvalue weighted by Gasteiger charge is 2.33. The molecule has 0 bridgehead atoms. The van der Waals surface area contributed by atoms with Crippen molar-refractivity contribution < 1.29 is 14.6 Å². The fraction of sp³-hybridized carbons (Fsp3) is 0.500. The summed E-state index contributed by atoms with van der Waals surface area (Å²) in [5.74, 6) is 0.969. The van der Waals surface area contributed by atoms with E-state index in [2.05, 4.69) is 13.8 Å².